The van der Waals surface area contributed by atoms with Crippen molar-refractivity contribution in [3.05, 3.63) is 65.7 Å². The third-order valence-electron chi connectivity index (χ3n) is 5.31. The molecule has 0 atom stereocenters. The van der Waals surface area contributed by atoms with Crippen molar-refractivity contribution in [2.45, 2.75) is 13.8 Å². The van der Waals surface area contributed by atoms with Crippen molar-refractivity contribution in [2.24, 2.45) is 0 Å². The molecule has 1 aliphatic rings. The summed E-state index contributed by atoms with van der Waals surface area (Å²) >= 11 is 0. The number of benzene rings is 2. The highest BCUT2D eigenvalue weighted by Crippen LogP contribution is 2.18. The fraction of sp³-hybridized carbons (Fsp3) is 0.360. The number of ketones is 1. The first-order valence-electron chi connectivity index (χ1n) is 10.8. The van der Waals surface area contributed by atoms with E-state index in [0.29, 0.717) is 24.4 Å². The van der Waals surface area contributed by atoms with Crippen molar-refractivity contribution in [3.63, 3.8) is 0 Å². The molecule has 3 rings (SSSR count). The average molecular weight is 423 g/mol. The maximum atomic E-state index is 12.5. The number of carbonyl (C=O) groups excluding carboxylic acids is 2. The van der Waals surface area contributed by atoms with Crippen molar-refractivity contribution >= 4 is 23.5 Å². The van der Waals surface area contributed by atoms with Crippen LogP contribution in [0.15, 0.2) is 54.6 Å². The largest absolute Gasteiger partial charge is 0.484 e. The molecule has 6 heteroatoms. The molecule has 1 fully saturated rings. The Kier molecular flexibility index (Phi) is 8.24. The summed E-state index contributed by atoms with van der Waals surface area (Å²) in [6.45, 7) is 8.51. The van der Waals surface area contributed by atoms with Gasteiger partial charge in [0.2, 0.25) is 0 Å². The molecule has 1 amide bonds. The molecule has 0 aliphatic carbocycles. The monoisotopic (exact) mass is 422 g/mol. The van der Waals surface area contributed by atoms with Gasteiger partial charge >= 0.3 is 0 Å². The van der Waals surface area contributed by atoms with E-state index in [1.165, 1.54) is 5.69 Å². The normalized spacial score (nSPS) is 13.9. The Balaban J connectivity index is 1.53. The molecule has 2 aromatic rings. The minimum Gasteiger partial charge on any atom is -0.484 e. The lowest BCUT2D eigenvalue weighted by Crippen LogP contribution is -2.36. The lowest BCUT2D eigenvalue weighted by atomic mass is 10.1. The van der Waals surface area contributed by atoms with Gasteiger partial charge in [-0.15, -0.1) is 0 Å². The topological polar surface area (TPSA) is 59.1 Å². The number of likely N-dealkylation sites (N-methyl/N-ethyl adjacent to an activating group) is 1. The number of hydrogen-bond acceptors (Lipinski definition) is 5. The summed E-state index contributed by atoms with van der Waals surface area (Å²) in [7, 11) is 0. The molecule has 31 heavy (non-hydrogen) atoms. The fourth-order valence-corrected chi connectivity index (χ4v) is 3.41. The summed E-state index contributed by atoms with van der Waals surface area (Å²) in [5, 5.41) is 0. The summed E-state index contributed by atoms with van der Waals surface area (Å²) in [6.07, 6.45) is 3.39. The number of rotatable bonds is 9. The van der Waals surface area contributed by atoms with Crippen LogP contribution in [0.3, 0.4) is 0 Å². The first-order chi connectivity index (χ1) is 15.1. The van der Waals surface area contributed by atoms with Crippen LogP contribution in [0.4, 0.5) is 5.69 Å². The van der Waals surface area contributed by atoms with E-state index in [4.69, 9.17) is 9.47 Å². The number of nitrogens with zero attached hydrogens (tertiary/aromatic N) is 2. The average Bonchev–Trinajstić information content (AvgIpc) is 2.83. The summed E-state index contributed by atoms with van der Waals surface area (Å²) in [5.74, 6) is 0.440. The number of hydrogen-bond donors (Lipinski definition) is 0. The van der Waals surface area contributed by atoms with Crippen LogP contribution < -0.4 is 9.64 Å². The molecule has 1 saturated heterocycles. The lowest BCUT2D eigenvalue weighted by molar-refractivity contribution is -0.132. The van der Waals surface area contributed by atoms with Gasteiger partial charge in [0.25, 0.3) is 5.91 Å². The van der Waals surface area contributed by atoms with E-state index in [9.17, 15) is 9.59 Å². The molecule has 0 bridgehead atoms. The highest BCUT2D eigenvalue weighted by Gasteiger charge is 2.11. The number of amides is 1. The predicted octanol–water partition coefficient (Wildman–Crippen LogP) is 3.67. The van der Waals surface area contributed by atoms with E-state index in [0.717, 1.165) is 31.9 Å². The molecule has 6 nitrogen and oxygen atoms in total. The Morgan fingerprint density at radius 2 is 1.65 bits per heavy atom. The Morgan fingerprint density at radius 1 is 1.00 bits per heavy atom. The highest BCUT2D eigenvalue weighted by molar-refractivity contribution is 6.06. The van der Waals surface area contributed by atoms with Crippen LogP contribution in [0.5, 0.6) is 5.75 Å². The van der Waals surface area contributed by atoms with Gasteiger partial charge in [-0.05, 0) is 61.9 Å². The summed E-state index contributed by atoms with van der Waals surface area (Å²) in [4.78, 5) is 28.5. The molecule has 0 radical (unpaired) electrons. The van der Waals surface area contributed by atoms with Crippen LogP contribution in [0.1, 0.15) is 29.8 Å². The van der Waals surface area contributed by atoms with Crippen LogP contribution in [0.25, 0.3) is 6.08 Å². The Bertz CT molecular complexity index is 881. The third kappa shape index (κ3) is 6.43. The Labute approximate surface area is 184 Å². The van der Waals surface area contributed by atoms with E-state index in [1.807, 2.05) is 32.1 Å². The minimum absolute atomic E-state index is 0.00464. The van der Waals surface area contributed by atoms with E-state index >= 15 is 0 Å². The van der Waals surface area contributed by atoms with Crippen LogP contribution in [0, 0.1) is 0 Å². The van der Waals surface area contributed by atoms with Gasteiger partial charge in [0.05, 0.1) is 13.2 Å². The van der Waals surface area contributed by atoms with E-state index in [1.54, 1.807) is 35.2 Å². The fourth-order valence-electron chi connectivity index (χ4n) is 3.41. The first-order valence-corrected chi connectivity index (χ1v) is 10.8. The second-order valence-corrected chi connectivity index (χ2v) is 7.27. The molecule has 164 valence electrons. The summed E-state index contributed by atoms with van der Waals surface area (Å²) in [5.41, 5.74) is 2.71. The van der Waals surface area contributed by atoms with Crippen LogP contribution in [-0.4, -0.2) is 62.6 Å². The maximum absolute atomic E-state index is 12.5. The minimum atomic E-state index is -0.0805. The predicted molar refractivity (Wildman–Crippen MR) is 123 cm³/mol. The molecule has 0 saturated carbocycles. The lowest BCUT2D eigenvalue weighted by Gasteiger charge is -2.28. The van der Waals surface area contributed by atoms with Gasteiger partial charge in [-0.1, -0.05) is 18.2 Å². The number of carbonyl (C=O) groups is 2. The molecular weight excluding hydrogens is 392 g/mol. The molecule has 0 spiro atoms. The molecule has 0 aromatic heterocycles. The number of allylic oxidation sites excluding steroid dienone is 1. The van der Waals surface area contributed by atoms with Gasteiger partial charge in [-0.3, -0.25) is 9.59 Å². The molecule has 1 aliphatic heterocycles. The molecule has 2 aromatic carbocycles. The SMILES string of the molecule is CCN(CC)C(=O)COc1ccc(C(=O)/C=C/c2ccc(N3CCOCC3)cc2)cc1. The van der Waals surface area contributed by atoms with Crippen molar-refractivity contribution in [1.29, 1.82) is 0 Å². The quantitative estimate of drug-likeness (QED) is 0.456. The molecular formula is C25H30N2O4. The van der Waals surface area contributed by atoms with Crippen molar-refractivity contribution < 1.29 is 19.1 Å². The van der Waals surface area contributed by atoms with Crippen LogP contribution in [-0.2, 0) is 9.53 Å². The summed E-state index contributed by atoms with van der Waals surface area (Å²) < 4.78 is 10.9. The highest BCUT2D eigenvalue weighted by atomic mass is 16.5. The molecule has 1 heterocycles. The van der Waals surface area contributed by atoms with Crippen molar-refractivity contribution in [3.8, 4) is 5.75 Å². The van der Waals surface area contributed by atoms with Gasteiger partial charge in [-0.2, -0.15) is 0 Å². The standard InChI is InChI=1S/C25H30N2O4/c1-3-26(4-2)25(29)19-31-23-12-8-21(9-13-23)24(28)14-7-20-5-10-22(11-6-20)27-15-17-30-18-16-27/h5-14H,3-4,15-19H2,1-2H3/b14-7+. The Hall–Kier alpha value is -3.12. The van der Waals surface area contributed by atoms with Gasteiger partial charge in [-0.25, -0.2) is 0 Å². The number of anilines is 1. The second-order valence-electron chi connectivity index (χ2n) is 7.27. The van der Waals surface area contributed by atoms with Gasteiger partial charge in [0.15, 0.2) is 12.4 Å². The molecule has 0 unspecified atom stereocenters. The Morgan fingerprint density at radius 3 is 2.26 bits per heavy atom. The van der Waals surface area contributed by atoms with Crippen LogP contribution in [0.2, 0.25) is 0 Å². The maximum Gasteiger partial charge on any atom is 0.260 e. The smallest absolute Gasteiger partial charge is 0.260 e. The number of morpholine rings is 1. The molecule has 0 N–H and O–H groups in total. The second kappa shape index (κ2) is 11.3. The first kappa shape index (κ1) is 22.6. The number of ether oxygens (including phenoxy) is 2. The van der Waals surface area contributed by atoms with Gasteiger partial charge in [0, 0.05) is 37.4 Å². The van der Waals surface area contributed by atoms with E-state index < -0.39 is 0 Å². The van der Waals surface area contributed by atoms with Crippen LogP contribution >= 0.6 is 0 Å². The van der Waals surface area contributed by atoms with Gasteiger partial charge < -0.3 is 19.3 Å². The zero-order valence-electron chi connectivity index (χ0n) is 18.3. The summed E-state index contributed by atoms with van der Waals surface area (Å²) in [6, 6.07) is 15.0. The zero-order chi connectivity index (χ0) is 22.1. The van der Waals surface area contributed by atoms with E-state index in [2.05, 4.69) is 17.0 Å². The van der Waals surface area contributed by atoms with Crippen molar-refractivity contribution in [1.82, 2.24) is 4.90 Å². The third-order valence-corrected chi connectivity index (χ3v) is 5.31. The van der Waals surface area contributed by atoms with Crippen molar-refractivity contribution in [2.75, 3.05) is 50.9 Å². The van der Waals surface area contributed by atoms with Gasteiger partial charge in [0.1, 0.15) is 5.75 Å². The van der Waals surface area contributed by atoms with E-state index in [-0.39, 0.29) is 18.3 Å². The zero-order valence-corrected chi connectivity index (χ0v) is 18.3.